The molecule has 4 N–H and O–H groups in total. The molecule has 1 rings (SSSR count). The minimum Gasteiger partial charge on any atom is -0.481 e. The summed E-state index contributed by atoms with van der Waals surface area (Å²) in [4.78, 5) is 10.4. The first-order valence-corrected chi connectivity index (χ1v) is 9.90. The number of aliphatic hydroxyl groups is 3. The van der Waals surface area contributed by atoms with E-state index in [1.54, 1.807) is 6.08 Å². The fourth-order valence-electron chi connectivity index (χ4n) is 3.74. The number of unbranched alkanes of at least 4 members (excludes halogenated alkanes) is 5. The molecule has 0 amide bonds. The number of carboxylic acid groups (broad SMARTS) is 1. The maximum Gasteiger partial charge on any atom is 0.303 e. The van der Waals surface area contributed by atoms with E-state index in [-0.39, 0.29) is 18.3 Å². The summed E-state index contributed by atoms with van der Waals surface area (Å²) >= 11 is 0. The average Bonchev–Trinajstić information content (AvgIpc) is 2.82. The first-order chi connectivity index (χ1) is 12.0. The van der Waals surface area contributed by atoms with Crippen LogP contribution in [0, 0.1) is 11.8 Å². The Kier molecular flexibility index (Phi) is 11.0. The number of rotatable bonds is 13. The van der Waals surface area contributed by atoms with Crippen LogP contribution in [-0.4, -0.2) is 44.7 Å². The number of carboxylic acids is 1. The zero-order valence-corrected chi connectivity index (χ0v) is 15.5. The van der Waals surface area contributed by atoms with E-state index in [4.69, 9.17) is 5.11 Å². The Morgan fingerprint density at radius 1 is 1.08 bits per heavy atom. The van der Waals surface area contributed by atoms with E-state index in [1.807, 2.05) is 6.08 Å². The topological polar surface area (TPSA) is 98.0 Å². The maximum atomic E-state index is 10.4. The van der Waals surface area contributed by atoms with Crippen molar-refractivity contribution in [2.45, 2.75) is 95.9 Å². The van der Waals surface area contributed by atoms with Crippen LogP contribution in [0.5, 0.6) is 0 Å². The van der Waals surface area contributed by atoms with Gasteiger partial charge >= 0.3 is 5.97 Å². The van der Waals surface area contributed by atoms with Crippen molar-refractivity contribution >= 4 is 5.97 Å². The average molecular weight is 357 g/mol. The molecule has 146 valence electrons. The highest BCUT2D eigenvalue weighted by molar-refractivity contribution is 5.66. The normalized spacial score (nSPS) is 27.8. The molecule has 0 aromatic carbocycles. The van der Waals surface area contributed by atoms with E-state index in [9.17, 15) is 20.1 Å². The van der Waals surface area contributed by atoms with Crippen LogP contribution >= 0.6 is 0 Å². The van der Waals surface area contributed by atoms with Crippen LogP contribution < -0.4 is 0 Å². The molecule has 0 spiro atoms. The summed E-state index contributed by atoms with van der Waals surface area (Å²) < 4.78 is 0. The molecule has 0 aromatic heterocycles. The number of aliphatic hydroxyl groups excluding tert-OH is 3. The maximum absolute atomic E-state index is 10.4. The molecule has 1 aliphatic rings. The van der Waals surface area contributed by atoms with Crippen LogP contribution in [0.15, 0.2) is 12.2 Å². The SMILES string of the molecule is CCCCC[C@H]1[C@@H](/C=C/[C@@H](O)CCCCCCC(=O)O)[C@@H](O)C[C@H]1O. The van der Waals surface area contributed by atoms with Crippen LogP contribution in [0.25, 0.3) is 0 Å². The summed E-state index contributed by atoms with van der Waals surface area (Å²) in [7, 11) is 0. The molecule has 5 atom stereocenters. The van der Waals surface area contributed by atoms with Crippen molar-refractivity contribution in [2.75, 3.05) is 0 Å². The van der Waals surface area contributed by atoms with Crippen molar-refractivity contribution in [1.82, 2.24) is 0 Å². The second kappa shape index (κ2) is 12.4. The lowest BCUT2D eigenvalue weighted by Gasteiger charge is -2.21. The van der Waals surface area contributed by atoms with Gasteiger partial charge in [0.1, 0.15) is 0 Å². The lowest BCUT2D eigenvalue weighted by molar-refractivity contribution is -0.137. The van der Waals surface area contributed by atoms with Gasteiger partial charge in [-0.15, -0.1) is 0 Å². The Balaban J connectivity index is 2.31. The lowest BCUT2D eigenvalue weighted by atomic mass is 9.88. The van der Waals surface area contributed by atoms with E-state index in [2.05, 4.69) is 6.92 Å². The summed E-state index contributed by atoms with van der Waals surface area (Å²) in [6.45, 7) is 2.15. The van der Waals surface area contributed by atoms with Gasteiger partial charge < -0.3 is 20.4 Å². The van der Waals surface area contributed by atoms with E-state index in [0.29, 0.717) is 19.3 Å². The van der Waals surface area contributed by atoms with Gasteiger partial charge in [0.05, 0.1) is 18.3 Å². The first kappa shape index (κ1) is 22.1. The van der Waals surface area contributed by atoms with Crippen molar-refractivity contribution in [2.24, 2.45) is 11.8 Å². The smallest absolute Gasteiger partial charge is 0.303 e. The molecular formula is C20H36O5. The Morgan fingerprint density at radius 3 is 2.48 bits per heavy atom. The zero-order valence-electron chi connectivity index (χ0n) is 15.5. The largest absolute Gasteiger partial charge is 0.481 e. The fourth-order valence-corrected chi connectivity index (χ4v) is 3.74. The van der Waals surface area contributed by atoms with Crippen LogP contribution in [0.3, 0.4) is 0 Å². The molecular weight excluding hydrogens is 320 g/mol. The number of aliphatic carboxylic acids is 1. The highest BCUT2D eigenvalue weighted by Crippen LogP contribution is 2.37. The Morgan fingerprint density at radius 2 is 1.80 bits per heavy atom. The summed E-state index contributed by atoms with van der Waals surface area (Å²) in [5, 5.41) is 39.0. The highest BCUT2D eigenvalue weighted by Gasteiger charge is 2.39. The van der Waals surface area contributed by atoms with Crippen molar-refractivity contribution < 1.29 is 25.2 Å². The predicted octanol–water partition coefficient (Wildman–Crippen LogP) is 3.27. The Bertz CT molecular complexity index is 396. The molecule has 0 radical (unpaired) electrons. The molecule has 5 nitrogen and oxygen atoms in total. The van der Waals surface area contributed by atoms with Crippen molar-refractivity contribution in [3.63, 3.8) is 0 Å². The standard InChI is InChI=1S/C20H36O5/c1-2-3-6-10-16-17(19(23)14-18(16)22)13-12-15(21)9-7-4-5-8-11-20(24)25/h12-13,15-19,21-23H,2-11,14H2,1H3,(H,24,25)/b13-12+/t15-,16-,17+,18+,19-/m0/s1. The van der Waals surface area contributed by atoms with Gasteiger partial charge in [-0.2, -0.15) is 0 Å². The third kappa shape index (κ3) is 8.84. The zero-order chi connectivity index (χ0) is 18.7. The molecule has 0 saturated heterocycles. The van der Waals surface area contributed by atoms with Gasteiger partial charge in [0, 0.05) is 18.8 Å². The van der Waals surface area contributed by atoms with Crippen LogP contribution in [0.1, 0.15) is 77.6 Å². The molecule has 0 unspecified atom stereocenters. The van der Waals surface area contributed by atoms with Crippen LogP contribution in [0.4, 0.5) is 0 Å². The van der Waals surface area contributed by atoms with Crippen molar-refractivity contribution in [3.05, 3.63) is 12.2 Å². The second-order valence-electron chi connectivity index (χ2n) is 7.41. The van der Waals surface area contributed by atoms with Gasteiger partial charge in [0.25, 0.3) is 0 Å². The molecule has 0 aromatic rings. The van der Waals surface area contributed by atoms with E-state index >= 15 is 0 Å². The molecule has 0 aliphatic heterocycles. The fraction of sp³-hybridized carbons (Fsp3) is 0.850. The third-order valence-corrected chi connectivity index (χ3v) is 5.25. The Hall–Kier alpha value is -0.910. The number of hydrogen-bond donors (Lipinski definition) is 4. The minimum absolute atomic E-state index is 0.0722. The van der Waals surface area contributed by atoms with E-state index in [1.165, 1.54) is 0 Å². The van der Waals surface area contributed by atoms with Crippen molar-refractivity contribution in [3.8, 4) is 0 Å². The summed E-state index contributed by atoms with van der Waals surface area (Å²) in [6, 6.07) is 0. The Labute approximate surface area is 151 Å². The predicted molar refractivity (Wildman–Crippen MR) is 98.2 cm³/mol. The van der Waals surface area contributed by atoms with Gasteiger partial charge in [-0.25, -0.2) is 0 Å². The molecule has 25 heavy (non-hydrogen) atoms. The van der Waals surface area contributed by atoms with E-state index in [0.717, 1.165) is 44.9 Å². The van der Waals surface area contributed by atoms with Gasteiger partial charge in [-0.3, -0.25) is 4.79 Å². The quantitative estimate of drug-likeness (QED) is 0.300. The van der Waals surface area contributed by atoms with Crippen molar-refractivity contribution in [1.29, 1.82) is 0 Å². The summed E-state index contributed by atoms with van der Waals surface area (Å²) in [5.74, 6) is -0.744. The lowest BCUT2D eigenvalue weighted by Crippen LogP contribution is -2.21. The number of hydrogen-bond acceptors (Lipinski definition) is 4. The van der Waals surface area contributed by atoms with E-state index < -0.39 is 24.3 Å². The van der Waals surface area contributed by atoms with Gasteiger partial charge in [-0.05, 0) is 25.2 Å². The monoisotopic (exact) mass is 356 g/mol. The van der Waals surface area contributed by atoms with Gasteiger partial charge in [0.15, 0.2) is 0 Å². The molecule has 1 fully saturated rings. The molecule has 0 heterocycles. The highest BCUT2D eigenvalue weighted by atomic mass is 16.4. The minimum atomic E-state index is -0.756. The first-order valence-electron chi connectivity index (χ1n) is 9.90. The molecule has 0 bridgehead atoms. The molecule has 5 heteroatoms. The van der Waals surface area contributed by atoms with Crippen LogP contribution in [-0.2, 0) is 4.79 Å². The molecule has 1 aliphatic carbocycles. The third-order valence-electron chi connectivity index (χ3n) is 5.25. The summed E-state index contributed by atoms with van der Waals surface area (Å²) in [6.07, 6.45) is 11.0. The number of carbonyl (C=O) groups is 1. The van der Waals surface area contributed by atoms with Gasteiger partial charge in [0.2, 0.25) is 0 Å². The molecule has 1 saturated carbocycles. The van der Waals surface area contributed by atoms with Crippen LogP contribution in [0.2, 0.25) is 0 Å². The second-order valence-corrected chi connectivity index (χ2v) is 7.41. The summed E-state index contributed by atoms with van der Waals surface area (Å²) in [5.41, 5.74) is 0. The van der Waals surface area contributed by atoms with Gasteiger partial charge in [-0.1, -0.05) is 57.6 Å².